The van der Waals surface area contributed by atoms with Crippen LogP contribution in [0.25, 0.3) is 10.6 Å². The number of carbonyl (C=O) groups is 2. The van der Waals surface area contributed by atoms with E-state index in [1.54, 1.807) is 19.1 Å². The zero-order valence-electron chi connectivity index (χ0n) is 18.2. The van der Waals surface area contributed by atoms with Crippen molar-refractivity contribution in [2.45, 2.75) is 39.0 Å². The van der Waals surface area contributed by atoms with Crippen molar-refractivity contribution in [2.75, 3.05) is 11.4 Å². The van der Waals surface area contributed by atoms with E-state index >= 15 is 0 Å². The quantitative estimate of drug-likeness (QED) is 0.496. The molecule has 0 spiro atoms. The standard InChI is InChI=1S/C24H21F3N2O4S/c1-14-20(34-23(28-14)16-5-8-17(9-6-16)24(25,26)27)13-33-18-10-7-15-3-2-4-21(30)29(12-22(31)32)19(15)11-18/h5-11H,2-4,12-13H2,1H3,(H,31,32). The van der Waals surface area contributed by atoms with Crippen LogP contribution in [0.5, 0.6) is 5.75 Å². The van der Waals surface area contributed by atoms with E-state index in [1.807, 2.05) is 6.07 Å². The van der Waals surface area contributed by atoms with E-state index in [4.69, 9.17) is 4.74 Å². The van der Waals surface area contributed by atoms with Crippen LogP contribution in [-0.2, 0) is 28.8 Å². The van der Waals surface area contributed by atoms with E-state index in [0.717, 1.165) is 22.6 Å². The molecule has 0 aliphatic carbocycles. The fourth-order valence-corrected chi connectivity index (χ4v) is 4.72. The van der Waals surface area contributed by atoms with Crippen LogP contribution in [0.2, 0.25) is 0 Å². The number of aromatic nitrogens is 1. The van der Waals surface area contributed by atoms with Crippen molar-refractivity contribution >= 4 is 28.9 Å². The number of carboxylic acid groups (broad SMARTS) is 1. The van der Waals surface area contributed by atoms with Gasteiger partial charge in [0.1, 0.15) is 23.9 Å². The Morgan fingerprint density at radius 3 is 2.59 bits per heavy atom. The van der Waals surface area contributed by atoms with E-state index in [0.29, 0.717) is 40.5 Å². The summed E-state index contributed by atoms with van der Waals surface area (Å²) in [4.78, 5) is 30.2. The third-order valence-corrected chi connectivity index (χ3v) is 6.68. The van der Waals surface area contributed by atoms with Gasteiger partial charge in [-0.1, -0.05) is 18.2 Å². The largest absolute Gasteiger partial charge is 0.488 e. The van der Waals surface area contributed by atoms with E-state index in [1.165, 1.54) is 28.4 Å². The summed E-state index contributed by atoms with van der Waals surface area (Å²) in [7, 11) is 0. The van der Waals surface area contributed by atoms with Gasteiger partial charge in [0, 0.05) is 18.1 Å². The van der Waals surface area contributed by atoms with Gasteiger partial charge in [0.05, 0.1) is 21.8 Å². The first-order valence-electron chi connectivity index (χ1n) is 10.5. The molecule has 0 atom stereocenters. The molecule has 0 radical (unpaired) electrons. The molecular formula is C24H21F3N2O4S. The summed E-state index contributed by atoms with van der Waals surface area (Å²) >= 11 is 1.33. The van der Waals surface area contributed by atoms with E-state index in [9.17, 15) is 27.9 Å². The second-order valence-electron chi connectivity index (χ2n) is 7.91. The number of thiazole rings is 1. The summed E-state index contributed by atoms with van der Waals surface area (Å²) in [6, 6.07) is 10.1. The maximum absolute atomic E-state index is 12.8. The van der Waals surface area contributed by atoms with Gasteiger partial charge in [0.15, 0.2) is 0 Å². The lowest BCUT2D eigenvalue weighted by Crippen LogP contribution is -2.35. The Morgan fingerprint density at radius 2 is 1.91 bits per heavy atom. The monoisotopic (exact) mass is 490 g/mol. The number of alkyl halides is 3. The minimum atomic E-state index is -4.39. The highest BCUT2D eigenvalue weighted by Crippen LogP contribution is 2.34. The Morgan fingerprint density at radius 1 is 1.18 bits per heavy atom. The number of halogens is 3. The molecule has 6 nitrogen and oxygen atoms in total. The highest BCUT2D eigenvalue weighted by Gasteiger charge is 2.30. The second-order valence-corrected chi connectivity index (χ2v) is 8.99. The Labute approximate surface area is 197 Å². The molecule has 3 aromatic rings. The molecule has 2 aromatic carbocycles. The molecule has 2 heterocycles. The molecule has 34 heavy (non-hydrogen) atoms. The van der Waals surface area contributed by atoms with Gasteiger partial charge >= 0.3 is 12.1 Å². The number of anilines is 1. The number of aryl methyl sites for hydroxylation is 2. The van der Waals surface area contributed by atoms with Gasteiger partial charge in [0.25, 0.3) is 0 Å². The smallest absolute Gasteiger partial charge is 0.416 e. The minimum Gasteiger partial charge on any atom is -0.488 e. The first-order valence-corrected chi connectivity index (χ1v) is 11.4. The predicted octanol–water partition coefficient (Wildman–Crippen LogP) is 5.47. The summed E-state index contributed by atoms with van der Waals surface area (Å²) in [6.07, 6.45) is -2.79. The molecule has 1 amide bonds. The maximum Gasteiger partial charge on any atom is 0.416 e. The number of amides is 1. The van der Waals surface area contributed by atoms with Crippen LogP contribution in [0, 0.1) is 6.92 Å². The molecule has 0 fully saturated rings. The number of hydrogen-bond donors (Lipinski definition) is 1. The number of carbonyl (C=O) groups excluding carboxylic acids is 1. The summed E-state index contributed by atoms with van der Waals surface area (Å²) in [6.45, 7) is 1.56. The average Bonchev–Trinajstić information content (AvgIpc) is 3.09. The molecule has 0 saturated carbocycles. The SMILES string of the molecule is Cc1nc(-c2ccc(C(F)(F)F)cc2)sc1COc1ccc2c(c1)N(CC(=O)O)C(=O)CCC2. The van der Waals surface area contributed by atoms with Crippen molar-refractivity contribution in [1.29, 1.82) is 0 Å². The molecule has 0 saturated heterocycles. The van der Waals surface area contributed by atoms with E-state index in [2.05, 4.69) is 4.98 Å². The number of rotatable bonds is 6. The molecule has 178 valence electrons. The van der Waals surface area contributed by atoms with Crippen molar-refractivity contribution in [3.8, 4) is 16.3 Å². The van der Waals surface area contributed by atoms with Crippen LogP contribution in [0.4, 0.5) is 18.9 Å². The van der Waals surface area contributed by atoms with Crippen molar-refractivity contribution in [3.05, 3.63) is 64.2 Å². The lowest BCUT2D eigenvalue weighted by Gasteiger charge is -2.21. The topological polar surface area (TPSA) is 79.7 Å². The highest BCUT2D eigenvalue weighted by molar-refractivity contribution is 7.15. The van der Waals surface area contributed by atoms with Gasteiger partial charge in [0.2, 0.25) is 5.91 Å². The number of carboxylic acids is 1. The average molecular weight is 491 g/mol. The summed E-state index contributed by atoms with van der Waals surface area (Å²) in [5.74, 6) is -0.853. The van der Waals surface area contributed by atoms with E-state index < -0.39 is 24.3 Å². The number of ether oxygens (including phenoxy) is 1. The highest BCUT2D eigenvalue weighted by atomic mass is 32.1. The van der Waals surface area contributed by atoms with Crippen molar-refractivity contribution < 1.29 is 32.6 Å². The van der Waals surface area contributed by atoms with Crippen molar-refractivity contribution in [3.63, 3.8) is 0 Å². The van der Waals surface area contributed by atoms with Gasteiger partial charge in [-0.05, 0) is 43.5 Å². The third kappa shape index (κ3) is 5.22. The molecule has 1 N–H and O–H groups in total. The first kappa shape index (κ1) is 23.7. The fraction of sp³-hybridized carbons (Fsp3) is 0.292. The van der Waals surface area contributed by atoms with Gasteiger partial charge in [-0.15, -0.1) is 11.3 Å². The normalized spacial score (nSPS) is 14.0. The van der Waals surface area contributed by atoms with Crippen LogP contribution in [-0.4, -0.2) is 28.5 Å². The van der Waals surface area contributed by atoms with Crippen LogP contribution >= 0.6 is 11.3 Å². The van der Waals surface area contributed by atoms with Gasteiger partial charge in [-0.25, -0.2) is 4.98 Å². The Hall–Kier alpha value is -3.40. The van der Waals surface area contributed by atoms with E-state index in [-0.39, 0.29) is 18.9 Å². The Bertz CT molecular complexity index is 1220. The Kier molecular flexibility index (Phi) is 6.60. The van der Waals surface area contributed by atoms with Crippen LogP contribution in [0.3, 0.4) is 0 Å². The van der Waals surface area contributed by atoms with Crippen molar-refractivity contribution in [1.82, 2.24) is 4.98 Å². The number of hydrogen-bond acceptors (Lipinski definition) is 5. The molecule has 10 heteroatoms. The van der Waals surface area contributed by atoms with Gasteiger partial charge in [-0.3, -0.25) is 9.59 Å². The molecule has 1 aliphatic heterocycles. The summed E-state index contributed by atoms with van der Waals surface area (Å²) in [5, 5.41) is 9.81. The second kappa shape index (κ2) is 9.46. The zero-order chi connectivity index (χ0) is 24.5. The summed E-state index contributed by atoms with van der Waals surface area (Å²) in [5.41, 5.74) is 2.00. The number of fused-ring (bicyclic) bond motifs is 1. The molecular weight excluding hydrogens is 469 g/mol. The molecule has 1 aliphatic rings. The number of aliphatic carboxylic acids is 1. The number of benzene rings is 2. The lowest BCUT2D eigenvalue weighted by atomic mass is 10.1. The molecule has 0 bridgehead atoms. The molecule has 0 unspecified atom stereocenters. The third-order valence-electron chi connectivity index (χ3n) is 5.50. The zero-order valence-corrected chi connectivity index (χ0v) is 19.0. The molecule has 1 aromatic heterocycles. The van der Waals surface area contributed by atoms with Crippen LogP contribution in [0.1, 0.15) is 34.5 Å². The molecule has 4 rings (SSSR count). The maximum atomic E-state index is 12.8. The minimum absolute atomic E-state index is 0.176. The summed E-state index contributed by atoms with van der Waals surface area (Å²) < 4.78 is 44.3. The number of nitrogens with zero attached hydrogens (tertiary/aromatic N) is 2. The van der Waals surface area contributed by atoms with Crippen LogP contribution < -0.4 is 9.64 Å². The van der Waals surface area contributed by atoms with Crippen LogP contribution in [0.15, 0.2) is 42.5 Å². The predicted molar refractivity (Wildman–Crippen MR) is 121 cm³/mol. The first-order chi connectivity index (χ1) is 16.1. The fourth-order valence-electron chi connectivity index (χ4n) is 3.74. The van der Waals surface area contributed by atoms with Gasteiger partial charge < -0.3 is 14.7 Å². The van der Waals surface area contributed by atoms with Crippen molar-refractivity contribution in [2.24, 2.45) is 0 Å². The van der Waals surface area contributed by atoms with Gasteiger partial charge in [-0.2, -0.15) is 13.2 Å². The lowest BCUT2D eigenvalue weighted by molar-refractivity contribution is -0.138. The Balaban J connectivity index is 1.52.